The van der Waals surface area contributed by atoms with E-state index in [0.29, 0.717) is 30.0 Å². The third kappa shape index (κ3) is 2.04. The number of aliphatic hydroxyl groups is 1. The zero-order valence-electron chi connectivity index (χ0n) is 14.7. The molecule has 3 fully saturated rings. The van der Waals surface area contributed by atoms with Gasteiger partial charge in [0.05, 0.1) is 0 Å². The maximum absolute atomic E-state index is 11.9. The predicted octanol–water partition coefficient (Wildman–Crippen LogP) is 4.45. The normalized spacial score (nSPS) is 50.1. The lowest BCUT2D eigenvalue weighted by molar-refractivity contribution is -0.119. The van der Waals surface area contributed by atoms with Crippen molar-refractivity contribution >= 4 is 17.4 Å². The maximum atomic E-state index is 11.9. The molecule has 1 unspecified atom stereocenters. The van der Waals surface area contributed by atoms with E-state index in [1.165, 1.54) is 5.57 Å². The molecule has 0 spiro atoms. The number of allylic oxidation sites excluding steroid dienone is 1. The third-order valence-electron chi connectivity index (χ3n) is 8.37. The van der Waals surface area contributed by atoms with Gasteiger partial charge in [0.1, 0.15) is 5.60 Å². The number of carbonyl (C=O) groups is 1. The van der Waals surface area contributed by atoms with Crippen LogP contribution in [0.4, 0.5) is 0 Å². The van der Waals surface area contributed by atoms with Crippen molar-refractivity contribution in [1.82, 2.24) is 0 Å². The fourth-order valence-corrected chi connectivity index (χ4v) is 7.02. The number of hydrogen-bond donors (Lipinski definition) is 1. The first-order valence-corrected chi connectivity index (χ1v) is 9.81. The Morgan fingerprint density at radius 1 is 1.12 bits per heavy atom. The average Bonchev–Trinajstić information content (AvgIpc) is 2.80. The molecule has 0 aliphatic heterocycles. The van der Waals surface area contributed by atoms with E-state index in [4.69, 9.17) is 11.6 Å². The molecule has 24 heavy (non-hydrogen) atoms. The molecule has 1 N–H and O–H groups in total. The molecule has 3 heteroatoms. The summed E-state index contributed by atoms with van der Waals surface area (Å²) in [6, 6.07) is 0. The number of halogens is 1. The number of carbonyl (C=O) groups excluding carboxylic acids is 1. The molecular formula is C21H27ClO2. The summed E-state index contributed by atoms with van der Waals surface area (Å²) in [5, 5.41) is 13.6. The van der Waals surface area contributed by atoms with Gasteiger partial charge in [-0.25, -0.2) is 0 Å². The van der Waals surface area contributed by atoms with Crippen LogP contribution in [0.1, 0.15) is 65.2 Å². The van der Waals surface area contributed by atoms with Crippen molar-refractivity contribution in [3.05, 3.63) is 11.6 Å². The van der Waals surface area contributed by atoms with Crippen LogP contribution in [0.2, 0.25) is 0 Å². The molecule has 0 radical (unpaired) electrons. The molecule has 0 heterocycles. The van der Waals surface area contributed by atoms with Gasteiger partial charge >= 0.3 is 0 Å². The van der Waals surface area contributed by atoms with Gasteiger partial charge in [-0.15, -0.1) is 0 Å². The molecule has 0 aromatic carbocycles. The lowest BCUT2D eigenvalue weighted by Crippen LogP contribution is -2.54. The second-order valence-electron chi connectivity index (χ2n) is 9.04. The monoisotopic (exact) mass is 346 g/mol. The molecule has 130 valence electrons. The van der Waals surface area contributed by atoms with Crippen molar-refractivity contribution in [2.24, 2.45) is 28.6 Å². The Labute approximate surface area is 150 Å². The Hall–Kier alpha value is -0.780. The van der Waals surface area contributed by atoms with Crippen molar-refractivity contribution in [3.63, 3.8) is 0 Å². The summed E-state index contributed by atoms with van der Waals surface area (Å²) >= 11 is 5.67. The van der Waals surface area contributed by atoms with Gasteiger partial charge in [-0.3, -0.25) is 4.79 Å². The number of ketones is 1. The van der Waals surface area contributed by atoms with Gasteiger partial charge in [0.25, 0.3) is 0 Å². The number of rotatable bonds is 0. The Bertz CT molecular complexity index is 671. The lowest BCUT2D eigenvalue weighted by Gasteiger charge is -2.58. The van der Waals surface area contributed by atoms with Crippen LogP contribution in [-0.2, 0) is 4.79 Å². The average molecular weight is 347 g/mol. The van der Waals surface area contributed by atoms with E-state index < -0.39 is 5.60 Å². The highest BCUT2D eigenvalue weighted by Gasteiger charge is 2.63. The van der Waals surface area contributed by atoms with Crippen molar-refractivity contribution < 1.29 is 9.90 Å². The number of hydrogen-bond acceptors (Lipinski definition) is 2. The first-order valence-electron chi connectivity index (χ1n) is 9.43. The van der Waals surface area contributed by atoms with E-state index in [0.717, 1.165) is 44.9 Å². The van der Waals surface area contributed by atoms with Crippen LogP contribution in [0.15, 0.2) is 11.6 Å². The first kappa shape index (κ1) is 16.7. The van der Waals surface area contributed by atoms with Gasteiger partial charge in [0, 0.05) is 17.2 Å². The topological polar surface area (TPSA) is 37.3 Å². The van der Waals surface area contributed by atoms with E-state index in [2.05, 4.69) is 25.1 Å². The quantitative estimate of drug-likeness (QED) is 0.658. The Morgan fingerprint density at radius 3 is 2.62 bits per heavy atom. The van der Waals surface area contributed by atoms with Gasteiger partial charge in [-0.2, -0.15) is 0 Å². The molecular weight excluding hydrogens is 320 g/mol. The summed E-state index contributed by atoms with van der Waals surface area (Å²) in [6.45, 7) is 4.63. The highest BCUT2D eigenvalue weighted by molar-refractivity contribution is 6.30. The van der Waals surface area contributed by atoms with Crippen LogP contribution in [0.5, 0.6) is 0 Å². The smallest absolute Gasteiger partial charge is 0.155 e. The zero-order valence-corrected chi connectivity index (χ0v) is 15.5. The minimum absolute atomic E-state index is 0.141. The van der Waals surface area contributed by atoms with Crippen molar-refractivity contribution in [3.8, 4) is 11.3 Å². The molecule has 4 aliphatic rings. The SMILES string of the molecule is C[C@]12CCC(=O)C=C1CC[C@@H]1[C@H]2CC[C@@]2(C)[C@H]1CCC2(O)C#CCl. The molecule has 0 bridgehead atoms. The second-order valence-corrected chi connectivity index (χ2v) is 9.23. The van der Waals surface area contributed by atoms with Crippen molar-refractivity contribution in [2.45, 2.75) is 70.8 Å². The Morgan fingerprint density at radius 2 is 1.88 bits per heavy atom. The maximum Gasteiger partial charge on any atom is 0.155 e. The fraction of sp³-hybridized carbons (Fsp3) is 0.762. The van der Waals surface area contributed by atoms with Gasteiger partial charge in [0.15, 0.2) is 5.78 Å². The van der Waals surface area contributed by atoms with Crippen molar-refractivity contribution in [1.29, 1.82) is 0 Å². The van der Waals surface area contributed by atoms with E-state index in [-0.39, 0.29) is 10.8 Å². The summed E-state index contributed by atoms with van der Waals surface area (Å²) in [5.41, 5.74) is 0.524. The van der Waals surface area contributed by atoms with Crippen LogP contribution >= 0.6 is 11.6 Å². The molecule has 0 aromatic heterocycles. The van der Waals surface area contributed by atoms with E-state index in [1.807, 2.05) is 6.08 Å². The van der Waals surface area contributed by atoms with Gasteiger partial charge in [-0.1, -0.05) is 25.3 Å². The van der Waals surface area contributed by atoms with Gasteiger partial charge < -0.3 is 5.11 Å². The standard InChI is InChI=1S/C21H27ClO2/c1-19-8-5-15(23)13-14(19)3-4-16-17(19)6-9-20(2)18(16)7-10-21(20,24)11-12-22/h13,16-18,24H,3-10H2,1-2H3/t16-,17-,18+,19+,20+,21?/m1/s1. The molecule has 6 atom stereocenters. The van der Waals surface area contributed by atoms with Crippen LogP contribution in [0, 0.1) is 39.9 Å². The van der Waals surface area contributed by atoms with E-state index >= 15 is 0 Å². The van der Waals surface area contributed by atoms with Crippen LogP contribution in [-0.4, -0.2) is 16.5 Å². The second kappa shape index (κ2) is 5.36. The minimum Gasteiger partial charge on any atom is -0.377 e. The summed E-state index contributed by atoms with van der Waals surface area (Å²) < 4.78 is 0. The molecule has 0 amide bonds. The molecule has 2 nitrogen and oxygen atoms in total. The first-order chi connectivity index (χ1) is 11.3. The summed E-state index contributed by atoms with van der Waals surface area (Å²) in [6.07, 6.45) is 9.81. The molecule has 4 rings (SSSR count). The Kier molecular flexibility index (Phi) is 3.72. The van der Waals surface area contributed by atoms with E-state index in [1.54, 1.807) is 0 Å². The Balaban J connectivity index is 1.69. The van der Waals surface area contributed by atoms with E-state index in [9.17, 15) is 9.90 Å². The lowest BCUT2D eigenvalue weighted by atomic mass is 9.46. The zero-order chi connectivity index (χ0) is 17.2. The molecule has 4 aliphatic carbocycles. The van der Waals surface area contributed by atoms with Crippen LogP contribution < -0.4 is 0 Å². The number of fused-ring (bicyclic) bond motifs is 5. The molecule has 0 saturated heterocycles. The minimum atomic E-state index is -0.927. The fourth-order valence-electron chi connectivity index (χ4n) is 6.86. The van der Waals surface area contributed by atoms with Crippen LogP contribution in [0.3, 0.4) is 0 Å². The summed E-state index contributed by atoms with van der Waals surface area (Å²) in [5.74, 6) is 5.07. The van der Waals surface area contributed by atoms with Crippen LogP contribution in [0.25, 0.3) is 0 Å². The van der Waals surface area contributed by atoms with Gasteiger partial charge in [-0.05, 0) is 85.8 Å². The third-order valence-corrected chi connectivity index (χ3v) is 8.46. The summed E-state index contributed by atoms with van der Waals surface area (Å²) in [4.78, 5) is 11.9. The molecule has 3 saturated carbocycles. The molecule has 0 aromatic rings. The highest BCUT2D eigenvalue weighted by atomic mass is 35.5. The van der Waals surface area contributed by atoms with Gasteiger partial charge in [0.2, 0.25) is 0 Å². The predicted molar refractivity (Wildman–Crippen MR) is 95.3 cm³/mol. The van der Waals surface area contributed by atoms with Crippen molar-refractivity contribution in [2.75, 3.05) is 0 Å². The largest absolute Gasteiger partial charge is 0.377 e. The highest BCUT2D eigenvalue weighted by Crippen LogP contribution is 2.67. The summed E-state index contributed by atoms with van der Waals surface area (Å²) in [7, 11) is 0.